The lowest BCUT2D eigenvalue weighted by molar-refractivity contribution is 0.472. The Hall–Kier alpha value is -2.14. The van der Waals surface area contributed by atoms with E-state index < -0.39 is 0 Å². The van der Waals surface area contributed by atoms with E-state index >= 15 is 0 Å². The van der Waals surface area contributed by atoms with Crippen LogP contribution < -0.4 is 5.73 Å². The molecule has 0 saturated carbocycles. The van der Waals surface area contributed by atoms with Gasteiger partial charge >= 0.3 is 0 Å². The highest BCUT2D eigenvalue weighted by molar-refractivity contribution is 5.80. The van der Waals surface area contributed by atoms with E-state index in [0.717, 1.165) is 35.3 Å². The van der Waals surface area contributed by atoms with Crippen LogP contribution in [0, 0.1) is 0 Å². The second-order valence-corrected chi connectivity index (χ2v) is 5.41. The van der Waals surface area contributed by atoms with Gasteiger partial charge in [-0.1, -0.05) is 6.92 Å². The zero-order valence-electron chi connectivity index (χ0n) is 12.5. The van der Waals surface area contributed by atoms with Gasteiger partial charge in [0.05, 0.1) is 12.2 Å². The Morgan fingerprint density at radius 1 is 1.33 bits per heavy atom. The fraction of sp³-hybridized carbons (Fsp3) is 0.375. The van der Waals surface area contributed by atoms with Gasteiger partial charge in [-0.15, -0.1) is 0 Å². The summed E-state index contributed by atoms with van der Waals surface area (Å²) in [5.41, 5.74) is 8.96. The summed E-state index contributed by atoms with van der Waals surface area (Å²) >= 11 is 0. The van der Waals surface area contributed by atoms with Gasteiger partial charge in [0.15, 0.2) is 0 Å². The van der Waals surface area contributed by atoms with Crippen molar-refractivity contribution in [3.05, 3.63) is 48.0 Å². The minimum absolute atomic E-state index is 0.429. The molecule has 5 nitrogen and oxygen atoms in total. The molecule has 0 amide bonds. The van der Waals surface area contributed by atoms with Crippen LogP contribution in [0.1, 0.15) is 37.6 Å². The first-order valence-electron chi connectivity index (χ1n) is 7.39. The molecule has 3 rings (SSSR count). The summed E-state index contributed by atoms with van der Waals surface area (Å²) in [6.07, 6.45) is 7.02. The molecule has 3 heterocycles. The molecule has 0 aromatic carbocycles. The SMILES string of the molecule is CCC(C)n1ccc(Cn2cc(CN)c3cccnc32)n1. The lowest BCUT2D eigenvalue weighted by Gasteiger charge is -2.08. The zero-order valence-corrected chi connectivity index (χ0v) is 12.5. The molecule has 1 atom stereocenters. The Kier molecular flexibility index (Phi) is 3.75. The van der Waals surface area contributed by atoms with Crippen LogP contribution in [0.3, 0.4) is 0 Å². The summed E-state index contributed by atoms with van der Waals surface area (Å²) in [6, 6.07) is 6.52. The van der Waals surface area contributed by atoms with E-state index in [9.17, 15) is 0 Å². The third-order valence-corrected chi connectivity index (χ3v) is 3.97. The lowest BCUT2D eigenvalue weighted by atomic mass is 10.2. The summed E-state index contributed by atoms with van der Waals surface area (Å²) in [7, 11) is 0. The van der Waals surface area contributed by atoms with Crippen LogP contribution in [-0.4, -0.2) is 19.3 Å². The lowest BCUT2D eigenvalue weighted by Crippen LogP contribution is -2.06. The van der Waals surface area contributed by atoms with Crippen LogP contribution in [0.4, 0.5) is 0 Å². The van der Waals surface area contributed by atoms with Crippen molar-refractivity contribution in [1.29, 1.82) is 0 Å². The number of nitrogens with two attached hydrogens (primary N) is 1. The highest BCUT2D eigenvalue weighted by Crippen LogP contribution is 2.20. The van der Waals surface area contributed by atoms with Crippen molar-refractivity contribution in [2.75, 3.05) is 0 Å². The molecule has 0 aliphatic carbocycles. The number of nitrogens with zero attached hydrogens (tertiary/aromatic N) is 4. The van der Waals surface area contributed by atoms with Crippen molar-refractivity contribution >= 4 is 11.0 Å². The van der Waals surface area contributed by atoms with E-state index in [0.29, 0.717) is 12.6 Å². The molecule has 3 aromatic heterocycles. The third kappa shape index (κ3) is 2.56. The third-order valence-electron chi connectivity index (χ3n) is 3.97. The summed E-state index contributed by atoms with van der Waals surface area (Å²) in [5, 5.41) is 5.78. The first kappa shape index (κ1) is 13.8. The molecular formula is C16H21N5. The van der Waals surface area contributed by atoms with Crippen molar-refractivity contribution in [1.82, 2.24) is 19.3 Å². The fourth-order valence-corrected chi connectivity index (χ4v) is 2.55. The van der Waals surface area contributed by atoms with Gasteiger partial charge in [-0.25, -0.2) is 4.98 Å². The average molecular weight is 283 g/mol. The van der Waals surface area contributed by atoms with Crippen molar-refractivity contribution < 1.29 is 0 Å². The number of aromatic nitrogens is 4. The van der Waals surface area contributed by atoms with Crippen molar-refractivity contribution in [3.63, 3.8) is 0 Å². The monoisotopic (exact) mass is 283 g/mol. The Morgan fingerprint density at radius 3 is 2.95 bits per heavy atom. The Balaban J connectivity index is 1.93. The molecule has 3 aromatic rings. The second-order valence-electron chi connectivity index (χ2n) is 5.41. The van der Waals surface area contributed by atoms with Crippen molar-refractivity contribution in [2.24, 2.45) is 5.73 Å². The molecule has 110 valence electrons. The van der Waals surface area contributed by atoms with Gasteiger partial charge in [0, 0.05) is 36.6 Å². The van der Waals surface area contributed by atoms with Gasteiger partial charge in [0.1, 0.15) is 5.65 Å². The highest BCUT2D eigenvalue weighted by atomic mass is 15.3. The molecule has 21 heavy (non-hydrogen) atoms. The van der Waals surface area contributed by atoms with Crippen LogP contribution in [0.2, 0.25) is 0 Å². The largest absolute Gasteiger partial charge is 0.326 e. The van der Waals surface area contributed by atoms with E-state index in [2.05, 4.69) is 46.8 Å². The second kappa shape index (κ2) is 5.69. The summed E-state index contributed by atoms with van der Waals surface area (Å²) < 4.78 is 4.15. The predicted octanol–water partition coefficient (Wildman–Crippen LogP) is 2.71. The first-order valence-corrected chi connectivity index (χ1v) is 7.39. The molecule has 0 aliphatic heterocycles. The molecule has 0 fully saturated rings. The number of hydrogen-bond donors (Lipinski definition) is 1. The minimum Gasteiger partial charge on any atom is -0.326 e. The Morgan fingerprint density at radius 2 is 2.19 bits per heavy atom. The topological polar surface area (TPSA) is 61.7 Å². The van der Waals surface area contributed by atoms with E-state index in [1.54, 1.807) is 0 Å². The van der Waals surface area contributed by atoms with E-state index in [1.807, 2.05) is 23.1 Å². The number of hydrogen-bond acceptors (Lipinski definition) is 3. The minimum atomic E-state index is 0.429. The van der Waals surface area contributed by atoms with Gasteiger partial charge in [-0.3, -0.25) is 4.68 Å². The van der Waals surface area contributed by atoms with Gasteiger partial charge in [-0.2, -0.15) is 5.10 Å². The van der Waals surface area contributed by atoms with E-state index in [4.69, 9.17) is 5.73 Å². The Bertz CT molecular complexity index is 740. The van der Waals surface area contributed by atoms with Crippen molar-refractivity contribution in [3.8, 4) is 0 Å². The van der Waals surface area contributed by atoms with Gasteiger partial charge in [0.2, 0.25) is 0 Å². The van der Waals surface area contributed by atoms with Crippen LogP contribution in [0.5, 0.6) is 0 Å². The quantitative estimate of drug-likeness (QED) is 0.783. The summed E-state index contributed by atoms with van der Waals surface area (Å²) in [6.45, 7) is 5.59. The van der Waals surface area contributed by atoms with Crippen LogP contribution in [-0.2, 0) is 13.1 Å². The fourth-order valence-electron chi connectivity index (χ4n) is 2.55. The van der Waals surface area contributed by atoms with Crippen LogP contribution in [0.15, 0.2) is 36.8 Å². The molecular weight excluding hydrogens is 262 g/mol. The standard InChI is InChI=1S/C16H21N5/c1-3-12(2)21-8-6-14(19-21)11-20-10-13(9-17)15-5-4-7-18-16(15)20/h4-8,10,12H,3,9,11,17H2,1-2H3. The van der Waals surface area contributed by atoms with Gasteiger partial charge in [0.25, 0.3) is 0 Å². The number of pyridine rings is 1. The van der Waals surface area contributed by atoms with Crippen molar-refractivity contribution in [2.45, 2.75) is 39.4 Å². The number of fused-ring (bicyclic) bond motifs is 1. The first-order chi connectivity index (χ1) is 10.2. The average Bonchev–Trinajstić information content (AvgIpc) is 3.12. The molecule has 5 heteroatoms. The molecule has 0 bridgehead atoms. The van der Waals surface area contributed by atoms with Crippen LogP contribution >= 0.6 is 0 Å². The molecule has 0 radical (unpaired) electrons. The van der Waals surface area contributed by atoms with E-state index in [-0.39, 0.29) is 0 Å². The maximum atomic E-state index is 5.82. The summed E-state index contributed by atoms with van der Waals surface area (Å²) in [5.74, 6) is 0. The molecule has 1 unspecified atom stereocenters. The molecule has 2 N–H and O–H groups in total. The normalized spacial score (nSPS) is 12.9. The molecule has 0 spiro atoms. The maximum Gasteiger partial charge on any atom is 0.140 e. The highest BCUT2D eigenvalue weighted by Gasteiger charge is 2.10. The molecule has 0 saturated heterocycles. The zero-order chi connectivity index (χ0) is 14.8. The van der Waals surface area contributed by atoms with Gasteiger partial charge < -0.3 is 10.3 Å². The predicted molar refractivity (Wildman–Crippen MR) is 84.0 cm³/mol. The van der Waals surface area contributed by atoms with Gasteiger partial charge in [-0.05, 0) is 37.1 Å². The maximum absolute atomic E-state index is 5.82. The smallest absolute Gasteiger partial charge is 0.140 e. The van der Waals surface area contributed by atoms with Crippen LogP contribution in [0.25, 0.3) is 11.0 Å². The molecule has 0 aliphatic rings. The Labute approximate surface area is 124 Å². The summed E-state index contributed by atoms with van der Waals surface area (Å²) in [4.78, 5) is 4.48. The number of rotatable bonds is 5. The van der Waals surface area contributed by atoms with E-state index in [1.165, 1.54) is 0 Å².